The number of para-hydroxylation sites is 1. The Morgan fingerprint density at radius 1 is 0.205 bits per heavy atom. The molecule has 0 bridgehead atoms. The van der Waals surface area contributed by atoms with Crippen LogP contribution in [0, 0.1) is 0 Å². The minimum Gasteiger partial charge on any atom is -0.494 e. The Kier molecular flexibility index (Phi) is 16.7. The highest BCUT2D eigenvalue weighted by Gasteiger charge is 2.18. The molecule has 0 aromatic heterocycles. The van der Waals surface area contributed by atoms with Crippen LogP contribution in [-0.2, 0) is 0 Å². The van der Waals surface area contributed by atoms with E-state index in [1.165, 1.54) is 0 Å². The van der Waals surface area contributed by atoms with Crippen LogP contribution in [0.4, 0.5) is 51.2 Å². The van der Waals surface area contributed by atoms with Gasteiger partial charge in [-0.3, -0.25) is 0 Å². The molecule has 0 atom stereocenters. The van der Waals surface area contributed by atoms with Gasteiger partial charge in [0.1, 0.15) is 28.7 Å². The summed E-state index contributed by atoms with van der Waals surface area (Å²) < 4.78 is 29.1. The van der Waals surface area contributed by atoms with Crippen molar-refractivity contribution >= 4 is 51.2 Å². The van der Waals surface area contributed by atoms with E-state index < -0.39 is 0 Å². The fourth-order valence-electron chi connectivity index (χ4n) is 9.75. The Morgan fingerprint density at radius 2 is 0.385 bits per heavy atom. The van der Waals surface area contributed by atoms with E-state index in [1.54, 1.807) is 0 Å². The van der Waals surface area contributed by atoms with Crippen LogP contribution in [0.15, 0.2) is 243 Å². The lowest BCUT2D eigenvalue weighted by Gasteiger charge is -2.26. The van der Waals surface area contributed by atoms with Crippen LogP contribution in [-0.4, -0.2) is 33.0 Å². The molecule has 10 aromatic carbocycles. The first kappa shape index (κ1) is 52.1. The summed E-state index contributed by atoms with van der Waals surface area (Å²) in [5.41, 5.74) is 15.9. The topological polar surface area (TPSA) is 55.9 Å². The van der Waals surface area contributed by atoms with Crippen LogP contribution in [0.2, 0.25) is 0 Å². The molecule has 0 aliphatic carbocycles. The average Bonchev–Trinajstić information content (AvgIpc) is 3.54. The molecule has 0 spiro atoms. The number of hydrogen-bond donors (Lipinski definition) is 0. The third kappa shape index (κ3) is 12.1. The van der Waals surface area contributed by atoms with Gasteiger partial charge >= 0.3 is 0 Å². The maximum Gasteiger partial charge on any atom is 0.119 e. The Labute approximate surface area is 459 Å². The summed E-state index contributed by atoms with van der Waals surface area (Å²) in [5, 5.41) is 0. The van der Waals surface area contributed by atoms with Gasteiger partial charge in [-0.15, -0.1) is 0 Å². The number of benzene rings is 10. The van der Waals surface area contributed by atoms with E-state index in [1.807, 2.05) is 101 Å². The molecule has 0 heterocycles. The molecule has 0 radical (unpaired) electrons. The first-order chi connectivity index (χ1) is 38.4. The molecule has 0 amide bonds. The fraction of sp³-hybridized carbons (Fsp3) is 0.143. The monoisotopic (exact) mass is 1030 g/mol. The van der Waals surface area contributed by atoms with Gasteiger partial charge in [-0.2, -0.15) is 0 Å². The van der Waals surface area contributed by atoms with Crippen molar-refractivity contribution in [2.45, 2.75) is 34.6 Å². The van der Waals surface area contributed by atoms with Gasteiger partial charge in [-0.05, 0) is 256 Å². The molecule has 0 saturated carbocycles. The highest BCUT2D eigenvalue weighted by molar-refractivity contribution is 5.86. The Hall–Kier alpha value is -9.40. The molecule has 0 unspecified atom stereocenters. The lowest BCUT2D eigenvalue weighted by atomic mass is 9.93. The van der Waals surface area contributed by atoms with E-state index in [0.717, 1.165) is 113 Å². The number of hydrogen-bond acceptors (Lipinski definition) is 8. The smallest absolute Gasteiger partial charge is 0.119 e. The van der Waals surface area contributed by atoms with E-state index >= 15 is 0 Å². The molecule has 0 fully saturated rings. The van der Waals surface area contributed by atoms with Gasteiger partial charge in [0.2, 0.25) is 0 Å². The van der Waals surface area contributed by atoms with Crippen molar-refractivity contribution in [2.75, 3.05) is 47.7 Å². The lowest BCUT2D eigenvalue weighted by molar-refractivity contribution is 0.340. The maximum atomic E-state index is 5.83. The summed E-state index contributed by atoms with van der Waals surface area (Å²) in [5.74, 6) is 4.19. The highest BCUT2D eigenvalue weighted by atomic mass is 16.5. The maximum absolute atomic E-state index is 5.83. The second-order valence-electron chi connectivity index (χ2n) is 18.4. The third-order valence-electron chi connectivity index (χ3n) is 13.4. The summed E-state index contributed by atoms with van der Waals surface area (Å²) in [4.78, 5) is 6.80. The predicted molar refractivity (Wildman–Crippen MR) is 323 cm³/mol. The first-order valence-electron chi connectivity index (χ1n) is 27.0. The van der Waals surface area contributed by atoms with Gasteiger partial charge in [0, 0.05) is 51.2 Å². The molecule has 0 saturated heterocycles. The van der Waals surface area contributed by atoms with Gasteiger partial charge < -0.3 is 38.4 Å². The molecule has 10 rings (SSSR count). The Morgan fingerprint density at radius 3 is 0.577 bits per heavy atom. The zero-order valence-corrected chi connectivity index (χ0v) is 45.0. The minimum atomic E-state index is 0.606. The third-order valence-corrected chi connectivity index (χ3v) is 13.4. The van der Waals surface area contributed by atoms with E-state index in [9.17, 15) is 0 Å². The van der Waals surface area contributed by atoms with Gasteiger partial charge in [0.15, 0.2) is 0 Å². The Bertz CT molecular complexity index is 3200. The van der Waals surface area contributed by atoms with Crippen LogP contribution in [0.3, 0.4) is 0 Å². The summed E-state index contributed by atoms with van der Waals surface area (Å²) in [7, 11) is 0. The molecule has 78 heavy (non-hydrogen) atoms. The standard InChI is InChI=1S/C70H65N3O5/c1-6-74-66-38-28-61(29-39-66)71(57-14-12-11-13-15-57)58-22-16-51(17-23-58)54-48-55(52-18-24-59(25-19-52)72(62-30-40-67(41-31-62)75-7-2)63-32-42-68(43-33-63)76-8-3)50-56(49-54)53-20-26-60(27-21-53)73(64-34-44-69(45-35-64)77-9-4)65-36-46-70(47-37-65)78-10-5/h11-50H,6-10H2,1-5H3. The van der Waals surface area contributed by atoms with Crippen molar-refractivity contribution in [1.82, 2.24) is 0 Å². The van der Waals surface area contributed by atoms with Gasteiger partial charge in [0.05, 0.1) is 33.0 Å². The molecule has 8 heteroatoms. The molecule has 0 aliphatic heterocycles. The van der Waals surface area contributed by atoms with Crippen LogP contribution >= 0.6 is 0 Å². The number of nitrogens with zero attached hydrogens (tertiary/aromatic N) is 3. The fourth-order valence-corrected chi connectivity index (χ4v) is 9.75. The minimum absolute atomic E-state index is 0.606. The van der Waals surface area contributed by atoms with Crippen LogP contribution in [0.5, 0.6) is 28.7 Å². The van der Waals surface area contributed by atoms with Crippen molar-refractivity contribution in [3.63, 3.8) is 0 Å². The van der Waals surface area contributed by atoms with E-state index in [2.05, 4.69) is 191 Å². The van der Waals surface area contributed by atoms with Gasteiger partial charge in [-0.1, -0.05) is 54.6 Å². The highest BCUT2D eigenvalue weighted by Crippen LogP contribution is 2.42. The molecular weight excluding hydrogens is 963 g/mol. The van der Waals surface area contributed by atoms with Crippen molar-refractivity contribution in [3.8, 4) is 62.1 Å². The normalized spacial score (nSPS) is 10.9. The van der Waals surface area contributed by atoms with Crippen LogP contribution in [0.25, 0.3) is 33.4 Å². The summed E-state index contributed by atoms with van der Waals surface area (Å²) in [6.45, 7) is 13.0. The molecule has 10 aromatic rings. The van der Waals surface area contributed by atoms with Crippen molar-refractivity contribution in [2.24, 2.45) is 0 Å². The molecule has 0 N–H and O–H groups in total. The average molecular weight is 1030 g/mol. The molecule has 390 valence electrons. The Balaban J connectivity index is 1.05. The van der Waals surface area contributed by atoms with E-state index in [4.69, 9.17) is 23.7 Å². The summed E-state index contributed by atoms with van der Waals surface area (Å²) in [6.07, 6.45) is 0. The molecule has 0 aliphatic rings. The zero-order valence-electron chi connectivity index (χ0n) is 45.0. The quantitative estimate of drug-likeness (QED) is 0.0666. The van der Waals surface area contributed by atoms with Gasteiger partial charge in [-0.25, -0.2) is 0 Å². The second-order valence-corrected chi connectivity index (χ2v) is 18.4. The number of anilines is 9. The number of ether oxygens (including phenoxy) is 5. The predicted octanol–water partition coefficient (Wildman–Crippen LogP) is 19.1. The summed E-state index contributed by atoms with van der Waals surface area (Å²) in [6, 6.07) is 85.3. The largest absolute Gasteiger partial charge is 0.494 e. The molecular formula is C70H65N3O5. The zero-order chi connectivity index (χ0) is 53.6. The SMILES string of the molecule is CCOc1ccc(N(c2ccccc2)c2ccc(-c3cc(-c4ccc(N(c5ccc(OCC)cc5)c5ccc(OCC)cc5)cc4)cc(-c4ccc(N(c5ccc(OCC)cc5)c5ccc(OCC)cc5)cc4)c3)cc2)cc1. The molecule has 8 nitrogen and oxygen atoms in total. The van der Waals surface area contributed by atoms with Crippen LogP contribution < -0.4 is 38.4 Å². The van der Waals surface area contributed by atoms with E-state index in [-0.39, 0.29) is 0 Å². The summed E-state index contributed by atoms with van der Waals surface area (Å²) >= 11 is 0. The van der Waals surface area contributed by atoms with Gasteiger partial charge in [0.25, 0.3) is 0 Å². The van der Waals surface area contributed by atoms with Crippen molar-refractivity contribution < 1.29 is 23.7 Å². The second kappa shape index (κ2) is 25.0. The lowest BCUT2D eigenvalue weighted by Crippen LogP contribution is -2.10. The van der Waals surface area contributed by atoms with Crippen molar-refractivity contribution in [3.05, 3.63) is 243 Å². The van der Waals surface area contributed by atoms with E-state index in [0.29, 0.717) is 33.0 Å². The van der Waals surface area contributed by atoms with Crippen molar-refractivity contribution in [1.29, 1.82) is 0 Å². The van der Waals surface area contributed by atoms with Crippen LogP contribution in [0.1, 0.15) is 34.6 Å². The first-order valence-corrected chi connectivity index (χ1v) is 27.0. The number of rotatable bonds is 22.